The zero-order valence-corrected chi connectivity index (χ0v) is 22.0. The molecule has 35 heavy (non-hydrogen) atoms. The Hall–Kier alpha value is -2.30. The second-order valence-electron chi connectivity index (χ2n) is 10.5. The van der Waals surface area contributed by atoms with Gasteiger partial charge >= 0.3 is 0 Å². The van der Waals surface area contributed by atoms with Crippen molar-refractivity contribution in [2.75, 3.05) is 26.2 Å². The number of benzene rings is 3. The molecule has 3 aromatic rings. The average molecular weight is 487 g/mol. The van der Waals surface area contributed by atoms with Gasteiger partial charge in [-0.15, -0.1) is 11.8 Å². The Morgan fingerprint density at radius 2 is 1.54 bits per heavy atom. The van der Waals surface area contributed by atoms with Crippen LogP contribution in [0.25, 0.3) is 10.8 Å². The first-order chi connectivity index (χ1) is 17.1. The molecule has 0 atom stereocenters. The van der Waals surface area contributed by atoms with Crippen LogP contribution < -0.4 is 0 Å². The Bertz CT molecular complexity index is 1120. The summed E-state index contributed by atoms with van der Waals surface area (Å²) < 4.78 is 0. The molecule has 0 spiro atoms. The number of hydrogen-bond acceptors (Lipinski definition) is 3. The van der Waals surface area contributed by atoms with Gasteiger partial charge in [0.25, 0.3) is 5.91 Å². The molecule has 0 aromatic heterocycles. The summed E-state index contributed by atoms with van der Waals surface area (Å²) in [4.78, 5) is 19.5. The molecule has 1 amide bonds. The molecule has 2 saturated heterocycles. The van der Waals surface area contributed by atoms with Crippen LogP contribution in [0.3, 0.4) is 0 Å². The first-order valence-electron chi connectivity index (χ1n) is 13.3. The van der Waals surface area contributed by atoms with Crippen LogP contribution in [0.15, 0.2) is 71.6 Å². The van der Waals surface area contributed by atoms with E-state index in [1.807, 2.05) is 36.0 Å². The fourth-order valence-corrected chi connectivity index (χ4v) is 6.69. The fourth-order valence-electron chi connectivity index (χ4n) is 5.85. The van der Waals surface area contributed by atoms with Crippen molar-refractivity contribution in [2.45, 2.75) is 62.1 Å². The molecule has 2 heterocycles. The highest BCUT2D eigenvalue weighted by molar-refractivity contribution is 7.99. The predicted octanol–water partition coefficient (Wildman–Crippen LogP) is 6.90. The highest BCUT2D eigenvalue weighted by Gasteiger charge is 2.30. The minimum Gasteiger partial charge on any atom is -0.339 e. The molecular weight excluding hydrogens is 448 g/mol. The molecule has 184 valence electrons. The van der Waals surface area contributed by atoms with Gasteiger partial charge in [0.15, 0.2) is 0 Å². The van der Waals surface area contributed by atoms with Gasteiger partial charge in [-0.25, -0.2) is 0 Å². The average Bonchev–Trinajstić information content (AvgIpc) is 2.89. The lowest BCUT2D eigenvalue weighted by Gasteiger charge is -2.42. The maximum Gasteiger partial charge on any atom is 0.254 e. The third-order valence-corrected chi connectivity index (χ3v) is 8.77. The quantitative estimate of drug-likeness (QED) is 0.354. The van der Waals surface area contributed by atoms with Crippen LogP contribution in [0.1, 0.15) is 55.5 Å². The summed E-state index contributed by atoms with van der Waals surface area (Å²) in [7, 11) is 0. The van der Waals surface area contributed by atoms with Gasteiger partial charge in [0.05, 0.1) is 0 Å². The summed E-state index contributed by atoms with van der Waals surface area (Å²) in [6.07, 6.45) is 5.97. The first-order valence-corrected chi connectivity index (χ1v) is 14.2. The molecule has 2 fully saturated rings. The lowest BCUT2D eigenvalue weighted by Crippen LogP contribution is -2.49. The van der Waals surface area contributed by atoms with Crippen LogP contribution >= 0.6 is 11.8 Å². The molecule has 0 radical (unpaired) electrons. The molecule has 0 unspecified atom stereocenters. The van der Waals surface area contributed by atoms with Crippen LogP contribution in [0, 0.1) is 5.92 Å². The smallest absolute Gasteiger partial charge is 0.254 e. The topological polar surface area (TPSA) is 23.6 Å². The third-order valence-electron chi connectivity index (χ3n) is 7.76. The highest BCUT2D eigenvalue weighted by atomic mass is 32.2. The van der Waals surface area contributed by atoms with Gasteiger partial charge in [-0.3, -0.25) is 4.79 Å². The van der Waals surface area contributed by atoms with Crippen LogP contribution in [-0.4, -0.2) is 53.2 Å². The number of thioether (sulfide) groups is 1. The Morgan fingerprint density at radius 3 is 2.26 bits per heavy atom. The second-order valence-corrected chi connectivity index (χ2v) is 12.2. The van der Waals surface area contributed by atoms with Crippen molar-refractivity contribution in [3.63, 3.8) is 0 Å². The van der Waals surface area contributed by atoms with Crippen molar-refractivity contribution in [1.29, 1.82) is 0 Å². The van der Waals surface area contributed by atoms with Crippen LogP contribution in [0.5, 0.6) is 0 Å². The van der Waals surface area contributed by atoms with E-state index in [4.69, 9.17) is 0 Å². The molecule has 3 nitrogen and oxygen atoms in total. The van der Waals surface area contributed by atoms with E-state index in [9.17, 15) is 4.79 Å². The maximum absolute atomic E-state index is 13.3. The van der Waals surface area contributed by atoms with E-state index in [1.54, 1.807) is 0 Å². The molecule has 2 aliphatic rings. The summed E-state index contributed by atoms with van der Waals surface area (Å²) in [5.74, 6) is 0.986. The van der Waals surface area contributed by atoms with Crippen molar-refractivity contribution < 1.29 is 4.79 Å². The molecule has 2 aliphatic heterocycles. The number of rotatable bonds is 6. The normalized spacial score (nSPS) is 18.4. The number of carbonyl (C=O) groups is 1. The number of fused-ring (bicyclic) bond motifs is 1. The Morgan fingerprint density at radius 1 is 0.857 bits per heavy atom. The minimum atomic E-state index is 0.191. The monoisotopic (exact) mass is 486 g/mol. The van der Waals surface area contributed by atoms with Gasteiger partial charge in [0.1, 0.15) is 0 Å². The fraction of sp³-hybridized carbons (Fsp3) is 0.452. The summed E-state index contributed by atoms with van der Waals surface area (Å²) in [6.45, 7) is 8.64. The summed E-state index contributed by atoms with van der Waals surface area (Å²) >= 11 is 1.94. The van der Waals surface area contributed by atoms with Crippen molar-refractivity contribution in [1.82, 2.24) is 9.80 Å². The van der Waals surface area contributed by atoms with E-state index in [-0.39, 0.29) is 5.91 Å². The summed E-state index contributed by atoms with van der Waals surface area (Å²) in [6, 6.07) is 24.2. The maximum atomic E-state index is 13.3. The largest absolute Gasteiger partial charge is 0.339 e. The Kier molecular flexibility index (Phi) is 7.79. The van der Waals surface area contributed by atoms with E-state index < -0.39 is 0 Å². The van der Waals surface area contributed by atoms with E-state index in [0.29, 0.717) is 11.3 Å². The predicted molar refractivity (Wildman–Crippen MR) is 148 cm³/mol. The second kappa shape index (κ2) is 11.2. The molecule has 0 saturated carbocycles. The number of nitrogens with zero attached hydrogens (tertiary/aromatic N) is 2. The number of hydrogen-bond donors (Lipinski definition) is 0. The van der Waals surface area contributed by atoms with Crippen molar-refractivity contribution in [2.24, 2.45) is 5.92 Å². The number of likely N-dealkylation sites (tertiary alicyclic amines) is 2. The minimum absolute atomic E-state index is 0.191. The van der Waals surface area contributed by atoms with Crippen LogP contribution in [-0.2, 0) is 6.42 Å². The third kappa shape index (κ3) is 5.92. The van der Waals surface area contributed by atoms with Gasteiger partial charge in [0.2, 0.25) is 0 Å². The number of piperidine rings is 2. The molecule has 5 rings (SSSR count). The van der Waals surface area contributed by atoms with Crippen molar-refractivity contribution in [3.8, 4) is 0 Å². The first kappa shape index (κ1) is 24.4. The van der Waals surface area contributed by atoms with Crippen molar-refractivity contribution >= 4 is 28.4 Å². The molecular formula is C31H38N2OS. The molecule has 0 aliphatic carbocycles. The zero-order valence-electron chi connectivity index (χ0n) is 21.2. The van der Waals surface area contributed by atoms with Gasteiger partial charge in [-0.2, -0.15) is 0 Å². The SMILES string of the molecule is CC(C)Sc1ccc(CC2CCN(C3CCN(C(=O)c4cccc5ccccc45)CC3)CC2)cc1. The van der Waals surface area contributed by atoms with Crippen LogP contribution in [0.4, 0.5) is 0 Å². The zero-order chi connectivity index (χ0) is 24.2. The lowest BCUT2D eigenvalue weighted by molar-refractivity contribution is 0.0554. The Balaban J connectivity index is 1.10. The number of amides is 1. The highest BCUT2D eigenvalue weighted by Crippen LogP contribution is 2.29. The van der Waals surface area contributed by atoms with Gasteiger partial charge in [0, 0.05) is 34.8 Å². The molecule has 3 aromatic carbocycles. The lowest BCUT2D eigenvalue weighted by atomic mass is 9.88. The van der Waals surface area contributed by atoms with E-state index in [0.717, 1.165) is 48.2 Å². The van der Waals surface area contributed by atoms with E-state index in [2.05, 4.69) is 66.1 Å². The summed E-state index contributed by atoms with van der Waals surface area (Å²) in [5, 5.41) is 2.84. The van der Waals surface area contributed by atoms with Crippen LogP contribution in [0.2, 0.25) is 0 Å². The van der Waals surface area contributed by atoms with E-state index >= 15 is 0 Å². The standard InChI is InChI=1S/C31H38N2OS/c1-23(2)35-28-12-10-24(11-13-28)22-25-14-18-32(19-15-25)27-16-20-33(21-17-27)31(34)30-9-5-7-26-6-3-4-8-29(26)30/h3-13,23,25,27H,14-22H2,1-2H3. The van der Waals surface area contributed by atoms with E-state index in [1.165, 1.54) is 42.8 Å². The molecule has 0 bridgehead atoms. The van der Waals surface area contributed by atoms with Crippen molar-refractivity contribution in [3.05, 3.63) is 77.9 Å². The molecule has 4 heteroatoms. The van der Waals surface area contributed by atoms with Gasteiger partial charge in [-0.05, 0) is 85.6 Å². The number of carbonyl (C=O) groups excluding carboxylic acids is 1. The van der Waals surface area contributed by atoms with Gasteiger partial charge < -0.3 is 9.80 Å². The Labute approximate surface area is 214 Å². The molecule has 0 N–H and O–H groups in total. The van der Waals surface area contributed by atoms with Gasteiger partial charge in [-0.1, -0.05) is 62.4 Å². The summed E-state index contributed by atoms with van der Waals surface area (Å²) in [5.41, 5.74) is 2.33.